The van der Waals surface area contributed by atoms with Gasteiger partial charge in [-0.05, 0) is 32.1 Å². The van der Waals surface area contributed by atoms with Crippen molar-refractivity contribution in [3.63, 3.8) is 0 Å². The lowest BCUT2D eigenvalue weighted by Crippen LogP contribution is -2.07. The summed E-state index contributed by atoms with van der Waals surface area (Å²) in [6, 6.07) is 0. The zero-order valence-corrected chi connectivity index (χ0v) is 6.82. The van der Waals surface area contributed by atoms with Gasteiger partial charge >= 0.3 is 0 Å². The lowest BCUT2D eigenvalue weighted by Gasteiger charge is -2.16. The van der Waals surface area contributed by atoms with Gasteiger partial charge in [0.05, 0.1) is 0 Å². The lowest BCUT2D eigenvalue weighted by molar-refractivity contribution is 0.638. The average molecular weight is 139 g/mol. The van der Waals surface area contributed by atoms with Crippen LogP contribution in [0.3, 0.4) is 0 Å². The Morgan fingerprint density at radius 3 is 2.60 bits per heavy atom. The summed E-state index contributed by atoms with van der Waals surface area (Å²) in [4.78, 5) is 0. The Morgan fingerprint density at radius 2 is 2.00 bits per heavy atom. The Balaban J connectivity index is 2.50. The molecule has 0 aromatic rings. The van der Waals surface area contributed by atoms with Gasteiger partial charge in [-0.1, -0.05) is 18.9 Å². The maximum atomic E-state index is 5.84. The molecule has 1 heteroatoms. The normalized spacial score (nSPS) is 19.7. The van der Waals surface area contributed by atoms with Gasteiger partial charge < -0.3 is 5.73 Å². The van der Waals surface area contributed by atoms with E-state index in [1.807, 2.05) is 0 Å². The Morgan fingerprint density at radius 1 is 1.30 bits per heavy atom. The van der Waals surface area contributed by atoms with Crippen molar-refractivity contribution in [3.8, 4) is 0 Å². The molecule has 0 spiro atoms. The van der Waals surface area contributed by atoms with Crippen molar-refractivity contribution in [1.29, 1.82) is 0 Å². The molecule has 1 nitrogen and oxygen atoms in total. The number of allylic oxidation sites excluding steroid dienone is 2. The summed E-state index contributed by atoms with van der Waals surface area (Å²) in [5.74, 6) is 0. The van der Waals surface area contributed by atoms with E-state index in [0.717, 1.165) is 6.42 Å². The standard InChI is InChI=1S/C9H17N/c1-2-5-8-6-3-4-7-9(8)10/h2-7,10H2,1H3. The molecule has 2 N–H and O–H groups in total. The summed E-state index contributed by atoms with van der Waals surface area (Å²) in [6.45, 7) is 2.22. The van der Waals surface area contributed by atoms with Crippen LogP contribution in [0.5, 0.6) is 0 Å². The van der Waals surface area contributed by atoms with Gasteiger partial charge in [-0.25, -0.2) is 0 Å². The smallest absolute Gasteiger partial charge is 0.00723 e. The third-order valence-electron chi connectivity index (χ3n) is 2.18. The first-order valence-corrected chi connectivity index (χ1v) is 4.31. The Hall–Kier alpha value is -0.460. The van der Waals surface area contributed by atoms with E-state index >= 15 is 0 Å². The molecule has 58 valence electrons. The second-order valence-electron chi connectivity index (χ2n) is 3.09. The number of hydrogen-bond donors (Lipinski definition) is 1. The summed E-state index contributed by atoms with van der Waals surface area (Å²) in [5.41, 5.74) is 8.57. The highest BCUT2D eigenvalue weighted by atomic mass is 14.6. The van der Waals surface area contributed by atoms with Gasteiger partial charge in [0.25, 0.3) is 0 Å². The Labute approximate surface area is 63.3 Å². The van der Waals surface area contributed by atoms with Crippen molar-refractivity contribution in [2.45, 2.75) is 45.4 Å². The maximum absolute atomic E-state index is 5.84. The molecule has 1 rings (SSSR count). The maximum Gasteiger partial charge on any atom is 0.00723 e. The number of rotatable bonds is 2. The van der Waals surface area contributed by atoms with Crippen LogP contribution in [0.15, 0.2) is 11.3 Å². The fourth-order valence-corrected chi connectivity index (χ4v) is 1.58. The first kappa shape index (κ1) is 7.64. The molecule has 0 unspecified atom stereocenters. The molecule has 0 radical (unpaired) electrons. The molecule has 0 amide bonds. The zero-order chi connectivity index (χ0) is 7.40. The highest BCUT2D eigenvalue weighted by Crippen LogP contribution is 2.24. The van der Waals surface area contributed by atoms with Crippen LogP contribution in [-0.2, 0) is 0 Å². The molecule has 0 bridgehead atoms. The minimum absolute atomic E-state index is 1.15. The third-order valence-corrected chi connectivity index (χ3v) is 2.18. The second-order valence-corrected chi connectivity index (χ2v) is 3.09. The van der Waals surface area contributed by atoms with Crippen molar-refractivity contribution < 1.29 is 0 Å². The van der Waals surface area contributed by atoms with Crippen LogP contribution in [0.25, 0.3) is 0 Å². The molecule has 0 atom stereocenters. The molecule has 0 aromatic carbocycles. The van der Waals surface area contributed by atoms with Gasteiger partial charge in [-0.2, -0.15) is 0 Å². The molecule has 1 aliphatic rings. The Kier molecular flexibility index (Phi) is 2.79. The van der Waals surface area contributed by atoms with Crippen molar-refractivity contribution in [2.24, 2.45) is 5.73 Å². The molecule has 0 aromatic heterocycles. The minimum Gasteiger partial charge on any atom is -0.402 e. The van der Waals surface area contributed by atoms with Crippen LogP contribution in [0.4, 0.5) is 0 Å². The van der Waals surface area contributed by atoms with Gasteiger partial charge in [0, 0.05) is 5.70 Å². The van der Waals surface area contributed by atoms with E-state index in [1.54, 1.807) is 0 Å². The molecular weight excluding hydrogens is 122 g/mol. The van der Waals surface area contributed by atoms with Gasteiger partial charge in [0.1, 0.15) is 0 Å². The van der Waals surface area contributed by atoms with Gasteiger partial charge in [0.15, 0.2) is 0 Å². The highest BCUT2D eigenvalue weighted by Gasteiger charge is 2.07. The summed E-state index contributed by atoms with van der Waals surface area (Å²) in [7, 11) is 0. The largest absolute Gasteiger partial charge is 0.402 e. The molecule has 0 heterocycles. The van der Waals surface area contributed by atoms with Gasteiger partial charge in [-0.15, -0.1) is 0 Å². The summed E-state index contributed by atoms with van der Waals surface area (Å²) in [6.07, 6.45) is 7.55. The van der Waals surface area contributed by atoms with E-state index in [1.165, 1.54) is 43.4 Å². The quantitative estimate of drug-likeness (QED) is 0.625. The Bertz CT molecular complexity index is 136. The average Bonchev–Trinajstić information content (AvgIpc) is 1.94. The van der Waals surface area contributed by atoms with Crippen molar-refractivity contribution in [1.82, 2.24) is 0 Å². The van der Waals surface area contributed by atoms with Crippen LogP contribution in [-0.4, -0.2) is 0 Å². The fourth-order valence-electron chi connectivity index (χ4n) is 1.58. The molecule has 0 saturated heterocycles. The predicted octanol–water partition coefficient (Wildman–Crippen LogP) is 2.57. The molecule has 0 aliphatic heterocycles. The van der Waals surface area contributed by atoms with Crippen molar-refractivity contribution in [2.75, 3.05) is 0 Å². The van der Waals surface area contributed by atoms with Crippen molar-refractivity contribution in [3.05, 3.63) is 11.3 Å². The van der Waals surface area contributed by atoms with Crippen LogP contribution < -0.4 is 5.73 Å². The van der Waals surface area contributed by atoms with E-state index < -0.39 is 0 Å². The molecule has 0 fully saturated rings. The lowest BCUT2D eigenvalue weighted by atomic mass is 9.94. The number of hydrogen-bond acceptors (Lipinski definition) is 1. The summed E-state index contributed by atoms with van der Waals surface area (Å²) >= 11 is 0. The van der Waals surface area contributed by atoms with E-state index in [9.17, 15) is 0 Å². The van der Waals surface area contributed by atoms with Gasteiger partial charge in [0.2, 0.25) is 0 Å². The first-order valence-electron chi connectivity index (χ1n) is 4.31. The van der Waals surface area contributed by atoms with Crippen LogP contribution in [0.1, 0.15) is 45.4 Å². The fraction of sp³-hybridized carbons (Fsp3) is 0.778. The summed E-state index contributed by atoms with van der Waals surface area (Å²) < 4.78 is 0. The predicted molar refractivity (Wildman–Crippen MR) is 44.6 cm³/mol. The zero-order valence-electron chi connectivity index (χ0n) is 6.82. The van der Waals surface area contributed by atoms with E-state index in [-0.39, 0.29) is 0 Å². The van der Waals surface area contributed by atoms with Crippen LogP contribution in [0, 0.1) is 0 Å². The third kappa shape index (κ3) is 1.76. The van der Waals surface area contributed by atoms with E-state index in [0.29, 0.717) is 0 Å². The minimum atomic E-state index is 1.15. The van der Waals surface area contributed by atoms with Crippen LogP contribution >= 0.6 is 0 Å². The highest BCUT2D eigenvalue weighted by molar-refractivity contribution is 5.13. The van der Waals surface area contributed by atoms with Crippen LogP contribution in [0.2, 0.25) is 0 Å². The molecule has 10 heavy (non-hydrogen) atoms. The second kappa shape index (κ2) is 3.65. The van der Waals surface area contributed by atoms with Crippen molar-refractivity contribution >= 4 is 0 Å². The molecule has 0 saturated carbocycles. The molecule has 1 aliphatic carbocycles. The topological polar surface area (TPSA) is 26.0 Å². The van der Waals surface area contributed by atoms with Gasteiger partial charge in [-0.3, -0.25) is 0 Å². The van der Waals surface area contributed by atoms with E-state index in [4.69, 9.17) is 5.73 Å². The van der Waals surface area contributed by atoms with E-state index in [2.05, 4.69) is 6.92 Å². The SMILES string of the molecule is CCCC1=C(N)CCCC1. The molecular formula is C9H17N. The first-order chi connectivity index (χ1) is 4.84. The number of nitrogens with two attached hydrogens (primary N) is 1. The summed E-state index contributed by atoms with van der Waals surface area (Å²) in [5, 5.41) is 0. The monoisotopic (exact) mass is 139 g/mol.